The first kappa shape index (κ1) is 22.9. The number of hydrogen-bond donors (Lipinski definition) is 2. The van der Waals surface area contributed by atoms with Gasteiger partial charge in [0.2, 0.25) is 5.91 Å². The van der Waals surface area contributed by atoms with Gasteiger partial charge in [0, 0.05) is 12.3 Å². The monoisotopic (exact) mass is 466 g/mol. The summed E-state index contributed by atoms with van der Waals surface area (Å²) in [6.07, 6.45) is 0.0711. The van der Waals surface area contributed by atoms with Gasteiger partial charge in [0.1, 0.15) is 5.00 Å². The van der Waals surface area contributed by atoms with Crippen LogP contribution in [0.4, 0.5) is 5.00 Å². The summed E-state index contributed by atoms with van der Waals surface area (Å²) >= 11 is -1.01. The highest BCUT2D eigenvalue weighted by Crippen LogP contribution is 2.41. The molecule has 1 unspecified atom stereocenters. The van der Waals surface area contributed by atoms with Crippen LogP contribution < -0.4 is 14.8 Å². The lowest BCUT2D eigenvalue weighted by atomic mass is 10.0. The van der Waals surface area contributed by atoms with Crippen LogP contribution in [0.2, 0.25) is 0 Å². The summed E-state index contributed by atoms with van der Waals surface area (Å²) in [5, 5.41) is 4.41. The summed E-state index contributed by atoms with van der Waals surface area (Å²) in [6, 6.07) is 4.21. The molecule has 1 aromatic carbocycles. The van der Waals surface area contributed by atoms with Crippen molar-refractivity contribution in [2.45, 2.75) is 26.3 Å². The molecular weight excluding hydrogens is 444 g/mol. The van der Waals surface area contributed by atoms with Gasteiger partial charge in [-0.1, -0.05) is 6.07 Å². The Hall–Kier alpha value is -2.76. The molecule has 0 saturated heterocycles. The van der Waals surface area contributed by atoms with Crippen LogP contribution in [0.5, 0.6) is 11.5 Å². The van der Waals surface area contributed by atoms with Crippen LogP contribution in [0.15, 0.2) is 23.6 Å². The molecule has 0 spiro atoms. The summed E-state index contributed by atoms with van der Waals surface area (Å²) in [5.41, 5.74) is 0.901. The number of ether oxygens (including phenoxy) is 2. The van der Waals surface area contributed by atoms with Crippen molar-refractivity contribution in [2.75, 3.05) is 24.8 Å². The van der Waals surface area contributed by atoms with E-state index in [0.717, 1.165) is 16.2 Å². The molecule has 166 valence electrons. The predicted molar refractivity (Wildman–Crippen MR) is 116 cm³/mol. The number of methoxy groups -OCH3 is 1. The summed E-state index contributed by atoms with van der Waals surface area (Å²) < 4.78 is 31.6. The minimum atomic E-state index is -2.11. The van der Waals surface area contributed by atoms with Crippen molar-refractivity contribution in [3.05, 3.63) is 40.3 Å². The SMILES string of the molecule is CCOc1cc([C@H](CCS(=O)O)N2C(=O)c3csc(NC(C)=O)c3C2=O)ccc1OC. The molecule has 0 fully saturated rings. The molecule has 1 aliphatic heterocycles. The third kappa shape index (κ3) is 4.63. The maximum absolute atomic E-state index is 13.2. The number of imide groups is 1. The van der Waals surface area contributed by atoms with Gasteiger partial charge in [0.25, 0.3) is 11.8 Å². The summed E-state index contributed by atoms with van der Waals surface area (Å²) in [5.74, 6) is -0.649. The van der Waals surface area contributed by atoms with Crippen molar-refractivity contribution >= 4 is 45.1 Å². The highest BCUT2D eigenvalue weighted by Gasteiger charge is 2.43. The van der Waals surface area contributed by atoms with E-state index in [1.807, 2.05) is 6.92 Å². The van der Waals surface area contributed by atoms with Crippen molar-refractivity contribution in [2.24, 2.45) is 0 Å². The zero-order valence-corrected chi connectivity index (χ0v) is 18.8. The molecule has 2 heterocycles. The number of anilines is 1. The van der Waals surface area contributed by atoms with Crippen LogP contribution in [0.1, 0.15) is 52.6 Å². The van der Waals surface area contributed by atoms with Gasteiger partial charge < -0.3 is 19.3 Å². The van der Waals surface area contributed by atoms with E-state index in [4.69, 9.17) is 9.47 Å². The first-order chi connectivity index (χ1) is 14.8. The number of rotatable bonds is 9. The van der Waals surface area contributed by atoms with Gasteiger partial charge in [-0.05, 0) is 31.0 Å². The van der Waals surface area contributed by atoms with E-state index in [1.54, 1.807) is 18.2 Å². The Morgan fingerprint density at radius 3 is 2.65 bits per heavy atom. The number of carbonyl (C=O) groups is 3. The Balaban J connectivity index is 2.03. The summed E-state index contributed by atoms with van der Waals surface area (Å²) in [4.78, 5) is 38.9. The van der Waals surface area contributed by atoms with Crippen LogP contribution in [0.25, 0.3) is 0 Å². The number of fused-ring (bicyclic) bond motifs is 1. The topological polar surface area (TPSA) is 122 Å². The lowest BCUT2D eigenvalue weighted by Gasteiger charge is -2.27. The van der Waals surface area contributed by atoms with Crippen LogP contribution in [0.3, 0.4) is 0 Å². The Bertz CT molecular complexity index is 1050. The van der Waals surface area contributed by atoms with Gasteiger partial charge in [-0.3, -0.25) is 19.3 Å². The Labute approximate surface area is 185 Å². The van der Waals surface area contributed by atoms with Gasteiger partial charge in [-0.15, -0.1) is 11.3 Å². The van der Waals surface area contributed by atoms with Crippen LogP contribution in [0, 0.1) is 0 Å². The fourth-order valence-corrected chi connectivity index (χ4v) is 4.83. The lowest BCUT2D eigenvalue weighted by molar-refractivity contribution is -0.114. The molecule has 0 aliphatic carbocycles. The first-order valence-corrected chi connectivity index (χ1v) is 11.6. The first-order valence-electron chi connectivity index (χ1n) is 9.43. The standard InChI is InChI=1S/C20H22N2O7S2/c1-4-29-16-9-12(5-6-15(16)28-3)14(7-8-31(26)27)22-19(24)13-10-30-18(21-11(2)23)17(13)20(22)25/h5-6,9-10,14H,4,7-8H2,1-3H3,(H,21,23)(H,26,27)/t14-/m0/s1. The molecule has 0 saturated carbocycles. The molecule has 3 rings (SSSR count). The molecule has 1 aromatic heterocycles. The van der Waals surface area contributed by atoms with Crippen LogP contribution >= 0.6 is 11.3 Å². The number of amides is 3. The number of nitrogens with one attached hydrogen (secondary N) is 1. The van der Waals surface area contributed by atoms with E-state index in [-0.39, 0.29) is 29.2 Å². The van der Waals surface area contributed by atoms with Gasteiger partial charge in [0.15, 0.2) is 22.6 Å². The van der Waals surface area contributed by atoms with Crippen molar-refractivity contribution in [3.8, 4) is 11.5 Å². The lowest BCUT2D eigenvalue weighted by Crippen LogP contribution is -2.35. The molecule has 2 aromatic rings. The van der Waals surface area contributed by atoms with Crippen LogP contribution in [-0.2, 0) is 15.9 Å². The fourth-order valence-electron chi connectivity index (χ4n) is 3.43. The normalized spacial score (nSPS) is 14.9. The molecule has 11 heteroatoms. The average molecular weight is 467 g/mol. The number of benzene rings is 1. The Kier molecular flexibility index (Phi) is 7.08. The number of thiophene rings is 1. The third-order valence-corrected chi connectivity index (χ3v) is 6.19. The molecule has 9 nitrogen and oxygen atoms in total. The fraction of sp³-hybridized carbons (Fsp3) is 0.350. The largest absolute Gasteiger partial charge is 0.493 e. The third-order valence-electron chi connectivity index (χ3n) is 4.71. The van der Waals surface area contributed by atoms with E-state index in [2.05, 4.69) is 5.32 Å². The van der Waals surface area contributed by atoms with E-state index in [0.29, 0.717) is 28.7 Å². The summed E-state index contributed by atoms with van der Waals surface area (Å²) in [6.45, 7) is 3.51. The zero-order valence-electron chi connectivity index (χ0n) is 17.2. The molecule has 31 heavy (non-hydrogen) atoms. The molecular formula is C20H22N2O7S2. The molecule has 2 N–H and O–H groups in total. The predicted octanol–water partition coefficient (Wildman–Crippen LogP) is 3.06. The zero-order chi connectivity index (χ0) is 22.7. The minimum absolute atomic E-state index is 0.0711. The number of carbonyl (C=O) groups excluding carboxylic acids is 3. The second kappa shape index (κ2) is 9.58. The van der Waals surface area contributed by atoms with Gasteiger partial charge in [-0.2, -0.15) is 0 Å². The van der Waals surface area contributed by atoms with Gasteiger partial charge in [-0.25, -0.2) is 4.21 Å². The Morgan fingerprint density at radius 2 is 2.03 bits per heavy atom. The molecule has 2 atom stereocenters. The number of nitrogens with zero attached hydrogens (tertiary/aromatic N) is 1. The average Bonchev–Trinajstić information content (AvgIpc) is 3.23. The molecule has 3 amide bonds. The molecule has 1 aliphatic rings. The second-order valence-corrected chi connectivity index (χ2v) is 8.62. The minimum Gasteiger partial charge on any atom is -0.493 e. The van der Waals surface area contributed by atoms with Crippen LogP contribution in [-0.4, -0.2) is 50.9 Å². The van der Waals surface area contributed by atoms with Gasteiger partial charge in [0.05, 0.1) is 36.6 Å². The van der Waals surface area contributed by atoms with E-state index >= 15 is 0 Å². The molecule has 0 bridgehead atoms. The second-order valence-electron chi connectivity index (χ2n) is 6.69. The Morgan fingerprint density at radius 1 is 1.29 bits per heavy atom. The van der Waals surface area contributed by atoms with E-state index < -0.39 is 28.9 Å². The van der Waals surface area contributed by atoms with E-state index in [1.165, 1.54) is 19.4 Å². The van der Waals surface area contributed by atoms with Crippen molar-refractivity contribution in [3.63, 3.8) is 0 Å². The van der Waals surface area contributed by atoms with Crippen molar-refractivity contribution in [1.82, 2.24) is 4.90 Å². The van der Waals surface area contributed by atoms with Crippen molar-refractivity contribution < 1.29 is 32.6 Å². The highest BCUT2D eigenvalue weighted by atomic mass is 32.2. The van der Waals surface area contributed by atoms with Crippen molar-refractivity contribution in [1.29, 1.82) is 0 Å². The summed E-state index contributed by atoms with van der Waals surface area (Å²) in [7, 11) is 1.50. The quantitative estimate of drug-likeness (QED) is 0.430. The van der Waals surface area contributed by atoms with E-state index in [9.17, 15) is 23.1 Å². The van der Waals surface area contributed by atoms with Gasteiger partial charge >= 0.3 is 0 Å². The highest BCUT2D eigenvalue weighted by molar-refractivity contribution is 7.79. The number of hydrogen-bond acceptors (Lipinski definition) is 7. The maximum Gasteiger partial charge on any atom is 0.265 e. The maximum atomic E-state index is 13.2. The molecule has 0 radical (unpaired) electrons. The smallest absolute Gasteiger partial charge is 0.265 e.